The summed E-state index contributed by atoms with van der Waals surface area (Å²) < 4.78 is 26.8. The summed E-state index contributed by atoms with van der Waals surface area (Å²) in [6, 6.07) is 4.03. The molecule has 2 fully saturated rings. The first-order chi connectivity index (χ1) is 11.6. The summed E-state index contributed by atoms with van der Waals surface area (Å²) in [5.41, 5.74) is 0.865. The van der Waals surface area contributed by atoms with Gasteiger partial charge in [0, 0.05) is 6.07 Å². The highest BCUT2D eigenvalue weighted by Gasteiger charge is 2.25. The highest BCUT2D eigenvalue weighted by Crippen LogP contribution is 2.40. The second-order valence-electron chi connectivity index (χ2n) is 8.29. The van der Waals surface area contributed by atoms with Crippen LogP contribution >= 0.6 is 0 Å². The zero-order valence-electron chi connectivity index (χ0n) is 15.1. The van der Waals surface area contributed by atoms with Crippen molar-refractivity contribution in [1.29, 1.82) is 0 Å². The van der Waals surface area contributed by atoms with Crippen LogP contribution in [0.25, 0.3) is 0 Å². The predicted molar refractivity (Wildman–Crippen MR) is 96.0 cm³/mol. The SMILES string of the molecule is CC[C@H]1CC[C@H](CCC2CCC(c3cc(F)cc(F)c3)CC2)CC1. The van der Waals surface area contributed by atoms with E-state index in [1.54, 1.807) is 0 Å². The third kappa shape index (κ3) is 4.80. The molecule has 0 aliphatic heterocycles. The number of benzene rings is 1. The third-order valence-corrected chi connectivity index (χ3v) is 6.73. The number of hydrogen-bond acceptors (Lipinski definition) is 0. The maximum atomic E-state index is 13.4. The van der Waals surface area contributed by atoms with Crippen LogP contribution in [0.2, 0.25) is 0 Å². The van der Waals surface area contributed by atoms with Crippen LogP contribution in [0.3, 0.4) is 0 Å². The van der Waals surface area contributed by atoms with Crippen molar-refractivity contribution < 1.29 is 8.78 Å². The molecule has 0 spiro atoms. The minimum atomic E-state index is -0.435. The van der Waals surface area contributed by atoms with Crippen molar-refractivity contribution in [1.82, 2.24) is 0 Å². The highest BCUT2D eigenvalue weighted by atomic mass is 19.1. The van der Waals surface area contributed by atoms with Gasteiger partial charge >= 0.3 is 0 Å². The molecule has 0 nitrogen and oxygen atoms in total. The molecule has 2 heteroatoms. The lowest BCUT2D eigenvalue weighted by atomic mass is 9.74. The van der Waals surface area contributed by atoms with E-state index in [2.05, 4.69) is 6.92 Å². The molecule has 2 aliphatic carbocycles. The largest absolute Gasteiger partial charge is 0.207 e. The van der Waals surface area contributed by atoms with Gasteiger partial charge in [0.15, 0.2) is 0 Å². The predicted octanol–water partition coefficient (Wildman–Crippen LogP) is 7.24. The van der Waals surface area contributed by atoms with Crippen molar-refractivity contribution >= 4 is 0 Å². The summed E-state index contributed by atoms with van der Waals surface area (Å²) >= 11 is 0. The first-order valence-electron chi connectivity index (χ1n) is 10.1. The van der Waals surface area contributed by atoms with Crippen molar-refractivity contribution in [2.24, 2.45) is 17.8 Å². The van der Waals surface area contributed by atoms with E-state index in [-0.39, 0.29) is 0 Å². The summed E-state index contributed by atoms with van der Waals surface area (Å²) in [5, 5.41) is 0. The van der Waals surface area contributed by atoms with Gasteiger partial charge < -0.3 is 0 Å². The van der Waals surface area contributed by atoms with Gasteiger partial charge in [0.1, 0.15) is 11.6 Å². The van der Waals surface area contributed by atoms with Gasteiger partial charge in [-0.3, -0.25) is 0 Å². The molecule has 0 amide bonds. The third-order valence-electron chi connectivity index (χ3n) is 6.73. The maximum absolute atomic E-state index is 13.4. The number of halogens is 2. The first-order valence-corrected chi connectivity index (χ1v) is 10.1. The van der Waals surface area contributed by atoms with Gasteiger partial charge in [0.2, 0.25) is 0 Å². The summed E-state index contributed by atoms with van der Waals surface area (Å²) in [6.07, 6.45) is 14.5. The Kier molecular flexibility index (Phi) is 6.30. The maximum Gasteiger partial charge on any atom is 0.126 e. The quantitative estimate of drug-likeness (QED) is 0.532. The standard InChI is InChI=1S/C22H32F2/c1-2-16-3-5-17(6-4-16)7-8-18-9-11-19(12-10-18)20-13-21(23)15-22(24)14-20/h13-19H,2-12H2,1H3/t16-,17-,18?,19?. The minimum Gasteiger partial charge on any atom is -0.207 e. The molecule has 0 unspecified atom stereocenters. The molecular formula is C22H32F2. The molecule has 1 aromatic rings. The van der Waals surface area contributed by atoms with Crippen LogP contribution in [0.15, 0.2) is 18.2 Å². The second-order valence-corrected chi connectivity index (χ2v) is 8.29. The Morgan fingerprint density at radius 1 is 0.708 bits per heavy atom. The molecule has 0 aromatic heterocycles. The van der Waals surface area contributed by atoms with E-state index in [1.165, 1.54) is 69.9 Å². The van der Waals surface area contributed by atoms with Crippen LogP contribution in [0, 0.1) is 29.4 Å². The van der Waals surface area contributed by atoms with E-state index >= 15 is 0 Å². The molecule has 134 valence electrons. The first kappa shape index (κ1) is 17.9. The summed E-state index contributed by atoms with van der Waals surface area (Å²) in [6.45, 7) is 2.33. The lowest BCUT2D eigenvalue weighted by Gasteiger charge is -2.32. The van der Waals surface area contributed by atoms with Gasteiger partial charge in [-0.1, -0.05) is 51.9 Å². The van der Waals surface area contributed by atoms with E-state index in [0.717, 1.165) is 42.2 Å². The molecule has 0 atom stereocenters. The van der Waals surface area contributed by atoms with E-state index in [1.807, 2.05) is 0 Å². The lowest BCUT2D eigenvalue weighted by molar-refractivity contribution is 0.227. The van der Waals surface area contributed by atoms with Crippen LogP contribution in [-0.4, -0.2) is 0 Å². The fourth-order valence-electron chi connectivity index (χ4n) is 5.00. The Balaban J connectivity index is 1.41. The van der Waals surface area contributed by atoms with Crippen molar-refractivity contribution in [3.8, 4) is 0 Å². The molecule has 24 heavy (non-hydrogen) atoms. The normalized spacial score (nSPS) is 31.1. The molecule has 1 aromatic carbocycles. The molecule has 0 N–H and O–H groups in total. The zero-order valence-corrected chi connectivity index (χ0v) is 15.1. The lowest BCUT2D eigenvalue weighted by Crippen LogP contribution is -2.17. The molecular weight excluding hydrogens is 302 g/mol. The van der Waals surface area contributed by atoms with Gasteiger partial charge in [-0.2, -0.15) is 0 Å². The summed E-state index contributed by atoms with van der Waals surface area (Å²) in [5.74, 6) is 2.27. The van der Waals surface area contributed by atoms with Gasteiger partial charge in [0.05, 0.1) is 0 Å². The van der Waals surface area contributed by atoms with Gasteiger partial charge in [-0.25, -0.2) is 8.78 Å². The van der Waals surface area contributed by atoms with Crippen LogP contribution in [0.5, 0.6) is 0 Å². The molecule has 2 saturated carbocycles. The Morgan fingerprint density at radius 3 is 1.67 bits per heavy atom. The van der Waals surface area contributed by atoms with Crippen LogP contribution in [-0.2, 0) is 0 Å². The Labute approximate surface area is 146 Å². The van der Waals surface area contributed by atoms with Crippen molar-refractivity contribution in [3.63, 3.8) is 0 Å². The second kappa shape index (κ2) is 8.45. The summed E-state index contributed by atoms with van der Waals surface area (Å²) in [7, 11) is 0. The fourth-order valence-corrected chi connectivity index (χ4v) is 5.00. The van der Waals surface area contributed by atoms with Crippen molar-refractivity contribution in [3.05, 3.63) is 35.4 Å². The van der Waals surface area contributed by atoms with Gasteiger partial charge in [-0.15, -0.1) is 0 Å². The number of rotatable bonds is 5. The average molecular weight is 334 g/mol. The molecule has 0 heterocycles. The highest BCUT2D eigenvalue weighted by molar-refractivity contribution is 5.22. The molecule has 2 aliphatic rings. The van der Waals surface area contributed by atoms with Crippen molar-refractivity contribution in [2.45, 2.75) is 83.5 Å². The van der Waals surface area contributed by atoms with Crippen LogP contribution < -0.4 is 0 Å². The molecule has 3 rings (SSSR count). The number of hydrogen-bond donors (Lipinski definition) is 0. The van der Waals surface area contributed by atoms with E-state index in [4.69, 9.17) is 0 Å². The monoisotopic (exact) mass is 334 g/mol. The van der Waals surface area contributed by atoms with Crippen molar-refractivity contribution in [2.75, 3.05) is 0 Å². The van der Waals surface area contributed by atoms with Gasteiger partial charge in [-0.05, 0) is 67.1 Å². The fraction of sp³-hybridized carbons (Fsp3) is 0.727. The molecule has 0 saturated heterocycles. The Bertz CT molecular complexity index is 488. The van der Waals surface area contributed by atoms with E-state index in [0.29, 0.717) is 5.92 Å². The summed E-state index contributed by atoms with van der Waals surface area (Å²) in [4.78, 5) is 0. The van der Waals surface area contributed by atoms with E-state index < -0.39 is 11.6 Å². The van der Waals surface area contributed by atoms with Crippen LogP contribution in [0.1, 0.15) is 89.0 Å². The molecule has 0 bridgehead atoms. The minimum absolute atomic E-state index is 0.353. The topological polar surface area (TPSA) is 0 Å². The average Bonchev–Trinajstić information content (AvgIpc) is 2.60. The van der Waals surface area contributed by atoms with Crippen LogP contribution in [0.4, 0.5) is 8.78 Å². The molecule has 0 radical (unpaired) electrons. The van der Waals surface area contributed by atoms with Gasteiger partial charge in [0.25, 0.3) is 0 Å². The zero-order chi connectivity index (χ0) is 16.9. The smallest absolute Gasteiger partial charge is 0.126 e. The Hall–Kier alpha value is -0.920. The van der Waals surface area contributed by atoms with E-state index in [9.17, 15) is 8.78 Å². The Morgan fingerprint density at radius 2 is 1.17 bits per heavy atom.